The van der Waals surface area contributed by atoms with E-state index in [9.17, 15) is 0 Å². The van der Waals surface area contributed by atoms with Crippen molar-refractivity contribution < 1.29 is 0 Å². The maximum Gasteiger partial charge on any atom is 0.0383 e. The van der Waals surface area contributed by atoms with Crippen LogP contribution < -0.4 is 11.5 Å². The first kappa shape index (κ1) is 11.9. The van der Waals surface area contributed by atoms with Crippen LogP contribution in [0.1, 0.15) is 19.8 Å². The number of likely N-dealkylation sites (tertiary alicyclic amines) is 1. The zero-order valence-electron chi connectivity index (χ0n) is 9.45. The molecule has 0 saturated carbocycles. The first-order valence-electron chi connectivity index (χ1n) is 5.40. The number of piperidine rings is 1. The Morgan fingerprint density at radius 2 is 2.00 bits per heavy atom. The Morgan fingerprint density at radius 1 is 1.40 bits per heavy atom. The molecule has 0 aliphatic carbocycles. The third-order valence-corrected chi connectivity index (χ3v) is 2.57. The van der Waals surface area contributed by atoms with Crippen LogP contribution in [0.2, 0.25) is 0 Å². The summed E-state index contributed by atoms with van der Waals surface area (Å²) in [6.07, 6.45) is 7.87. The fourth-order valence-corrected chi connectivity index (χ4v) is 1.76. The summed E-state index contributed by atoms with van der Waals surface area (Å²) < 4.78 is 0. The highest BCUT2D eigenvalue weighted by Gasteiger charge is 2.16. The van der Waals surface area contributed by atoms with Crippen molar-refractivity contribution in [2.75, 3.05) is 13.1 Å². The molecule has 1 aliphatic rings. The molecule has 1 fully saturated rings. The average Bonchev–Trinajstić information content (AvgIpc) is 2.17. The molecule has 1 heterocycles. The van der Waals surface area contributed by atoms with E-state index in [1.807, 2.05) is 19.1 Å². The lowest BCUT2D eigenvalue weighted by Crippen LogP contribution is -2.38. The molecule has 1 aliphatic heterocycles. The van der Waals surface area contributed by atoms with E-state index in [0.717, 1.165) is 37.3 Å². The summed E-state index contributed by atoms with van der Waals surface area (Å²) in [6, 6.07) is 0.356. The second-order valence-corrected chi connectivity index (χ2v) is 4.04. The van der Waals surface area contributed by atoms with Crippen LogP contribution in [0.3, 0.4) is 0 Å². The molecule has 0 amide bonds. The molecule has 0 bridgehead atoms. The summed E-state index contributed by atoms with van der Waals surface area (Å²) in [6.45, 7) is 7.62. The summed E-state index contributed by atoms with van der Waals surface area (Å²) in [4.78, 5) is 2.31. The predicted molar refractivity (Wildman–Crippen MR) is 65.0 cm³/mol. The SMILES string of the molecule is C=C/C=C(\C=C(\C)N)N1CCC(N)CC1. The maximum atomic E-state index is 5.87. The minimum atomic E-state index is 0.356. The molecule has 0 aromatic heterocycles. The lowest BCUT2D eigenvalue weighted by atomic mass is 10.1. The molecule has 0 aromatic rings. The maximum absolute atomic E-state index is 5.87. The number of nitrogens with zero attached hydrogens (tertiary/aromatic N) is 1. The molecule has 4 N–H and O–H groups in total. The monoisotopic (exact) mass is 207 g/mol. The van der Waals surface area contributed by atoms with Crippen molar-refractivity contribution in [1.29, 1.82) is 0 Å². The Kier molecular flexibility index (Phi) is 4.43. The minimum Gasteiger partial charge on any atom is -0.402 e. The predicted octanol–water partition coefficient (Wildman–Crippen LogP) is 1.34. The van der Waals surface area contributed by atoms with E-state index in [2.05, 4.69) is 11.5 Å². The molecule has 0 unspecified atom stereocenters. The molecule has 15 heavy (non-hydrogen) atoms. The highest BCUT2D eigenvalue weighted by atomic mass is 15.1. The van der Waals surface area contributed by atoms with Crippen molar-refractivity contribution in [2.24, 2.45) is 11.5 Å². The van der Waals surface area contributed by atoms with Crippen molar-refractivity contribution >= 4 is 0 Å². The molecule has 0 atom stereocenters. The topological polar surface area (TPSA) is 55.3 Å². The van der Waals surface area contributed by atoms with E-state index >= 15 is 0 Å². The van der Waals surface area contributed by atoms with Gasteiger partial charge in [0.05, 0.1) is 0 Å². The molecule has 84 valence electrons. The van der Waals surface area contributed by atoms with Gasteiger partial charge in [-0.3, -0.25) is 0 Å². The number of hydrogen-bond donors (Lipinski definition) is 2. The number of hydrogen-bond acceptors (Lipinski definition) is 3. The van der Waals surface area contributed by atoms with E-state index in [0.29, 0.717) is 6.04 Å². The van der Waals surface area contributed by atoms with E-state index in [4.69, 9.17) is 11.5 Å². The van der Waals surface area contributed by atoms with Crippen LogP contribution in [0, 0.1) is 0 Å². The van der Waals surface area contributed by atoms with E-state index in [-0.39, 0.29) is 0 Å². The van der Waals surface area contributed by atoms with Crippen molar-refractivity contribution in [2.45, 2.75) is 25.8 Å². The fourth-order valence-electron chi connectivity index (χ4n) is 1.76. The summed E-state index contributed by atoms with van der Waals surface area (Å²) in [5, 5.41) is 0. The van der Waals surface area contributed by atoms with Gasteiger partial charge in [0.2, 0.25) is 0 Å². The first-order valence-corrected chi connectivity index (χ1v) is 5.40. The summed E-state index contributed by atoms with van der Waals surface area (Å²) in [5.41, 5.74) is 13.5. The van der Waals surface area contributed by atoms with Crippen LogP contribution in [0.25, 0.3) is 0 Å². The largest absolute Gasteiger partial charge is 0.402 e. The standard InChI is InChI=1S/C12H21N3/c1-3-4-12(9-10(2)13)15-7-5-11(14)6-8-15/h3-4,9,11H,1,5-8,13-14H2,2H3/b10-9-,12-4+. The third-order valence-electron chi connectivity index (χ3n) is 2.57. The minimum absolute atomic E-state index is 0.356. The van der Waals surface area contributed by atoms with Gasteiger partial charge in [0.15, 0.2) is 0 Å². The van der Waals surface area contributed by atoms with Gasteiger partial charge in [0.25, 0.3) is 0 Å². The van der Waals surface area contributed by atoms with Crippen LogP contribution in [0.4, 0.5) is 0 Å². The summed E-state index contributed by atoms with van der Waals surface area (Å²) in [7, 11) is 0. The third kappa shape index (κ3) is 3.80. The van der Waals surface area contributed by atoms with Gasteiger partial charge in [0, 0.05) is 30.5 Å². The molecule has 0 radical (unpaired) electrons. The van der Waals surface area contributed by atoms with Gasteiger partial charge in [0.1, 0.15) is 0 Å². The van der Waals surface area contributed by atoms with E-state index in [1.54, 1.807) is 6.08 Å². The number of rotatable bonds is 3. The van der Waals surface area contributed by atoms with Gasteiger partial charge in [-0.1, -0.05) is 12.7 Å². The molecule has 1 rings (SSSR count). The van der Waals surface area contributed by atoms with E-state index in [1.165, 1.54) is 0 Å². The molecule has 0 aromatic carbocycles. The van der Waals surface area contributed by atoms with Crippen LogP contribution in [0.5, 0.6) is 0 Å². The van der Waals surface area contributed by atoms with Crippen LogP contribution in [-0.2, 0) is 0 Å². The van der Waals surface area contributed by atoms with Gasteiger partial charge < -0.3 is 16.4 Å². The Hall–Kier alpha value is -1.22. The fraction of sp³-hybridized carbons (Fsp3) is 0.500. The number of allylic oxidation sites excluding steroid dienone is 4. The highest BCUT2D eigenvalue weighted by molar-refractivity contribution is 5.24. The normalized spacial score (nSPS) is 20.5. The van der Waals surface area contributed by atoms with Gasteiger partial charge in [-0.15, -0.1) is 0 Å². The number of nitrogens with two attached hydrogens (primary N) is 2. The smallest absolute Gasteiger partial charge is 0.0383 e. The Balaban J connectivity index is 2.69. The van der Waals surface area contributed by atoms with Crippen LogP contribution in [-0.4, -0.2) is 24.0 Å². The van der Waals surface area contributed by atoms with E-state index < -0.39 is 0 Å². The van der Waals surface area contributed by atoms with Crippen molar-refractivity contribution in [3.8, 4) is 0 Å². The second kappa shape index (κ2) is 5.61. The summed E-state index contributed by atoms with van der Waals surface area (Å²) >= 11 is 0. The van der Waals surface area contributed by atoms with Crippen molar-refractivity contribution in [3.63, 3.8) is 0 Å². The van der Waals surface area contributed by atoms with Crippen LogP contribution in [0.15, 0.2) is 36.2 Å². The van der Waals surface area contributed by atoms with Crippen molar-refractivity contribution in [1.82, 2.24) is 4.90 Å². The highest BCUT2D eigenvalue weighted by Crippen LogP contribution is 2.15. The lowest BCUT2D eigenvalue weighted by Gasteiger charge is -2.32. The first-order chi connectivity index (χ1) is 7.13. The second-order valence-electron chi connectivity index (χ2n) is 4.04. The Morgan fingerprint density at radius 3 is 2.47 bits per heavy atom. The Labute approximate surface area is 92.1 Å². The zero-order chi connectivity index (χ0) is 11.3. The lowest BCUT2D eigenvalue weighted by molar-refractivity contribution is 0.270. The molecule has 3 nitrogen and oxygen atoms in total. The molecular weight excluding hydrogens is 186 g/mol. The Bertz CT molecular complexity index is 267. The van der Waals surface area contributed by atoms with Gasteiger partial charge in [-0.05, 0) is 31.9 Å². The van der Waals surface area contributed by atoms with Crippen LogP contribution >= 0.6 is 0 Å². The molecular formula is C12H21N3. The van der Waals surface area contributed by atoms with Gasteiger partial charge in [-0.2, -0.15) is 0 Å². The summed E-state index contributed by atoms with van der Waals surface area (Å²) in [5.74, 6) is 0. The molecule has 3 heteroatoms. The zero-order valence-corrected chi connectivity index (χ0v) is 9.45. The average molecular weight is 207 g/mol. The van der Waals surface area contributed by atoms with Crippen molar-refractivity contribution in [3.05, 3.63) is 36.2 Å². The quantitative estimate of drug-likeness (QED) is 0.687. The molecule has 0 spiro atoms. The molecule has 1 saturated heterocycles. The van der Waals surface area contributed by atoms with Gasteiger partial charge >= 0.3 is 0 Å². The van der Waals surface area contributed by atoms with Gasteiger partial charge in [-0.25, -0.2) is 0 Å².